The molecule has 0 aliphatic heterocycles. The maximum Gasteiger partial charge on any atom is 0.126 e. The molecule has 0 saturated carbocycles. The van der Waals surface area contributed by atoms with Gasteiger partial charge in [-0.25, -0.2) is 0 Å². The number of hydrogen-bond donors (Lipinski definition) is 1. The van der Waals surface area contributed by atoms with Crippen LogP contribution in [0.5, 0.6) is 5.75 Å². The molecule has 0 amide bonds. The molecule has 4 nitrogen and oxygen atoms in total. The maximum atomic E-state index is 5.79. The molecule has 0 saturated heterocycles. The van der Waals surface area contributed by atoms with Crippen LogP contribution in [0.4, 0.5) is 0 Å². The van der Waals surface area contributed by atoms with Crippen molar-refractivity contribution in [3.63, 3.8) is 0 Å². The summed E-state index contributed by atoms with van der Waals surface area (Å²) in [6.07, 6.45) is 2.84. The normalized spacial score (nSPS) is 10.7. The van der Waals surface area contributed by atoms with E-state index in [4.69, 9.17) is 10.5 Å². The number of hydrogen-bond acceptors (Lipinski definition) is 3. The fourth-order valence-electron chi connectivity index (χ4n) is 2.12. The van der Waals surface area contributed by atoms with E-state index in [2.05, 4.69) is 24.2 Å². The molecule has 1 heterocycles. The molecule has 2 aromatic rings. The molecule has 1 aromatic heterocycles. The zero-order chi connectivity index (χ0) is 13.1. The zero-order valence-electron chi connectivity index (χ0n) is 11.1. The third-order valence-corrected chi connectivity index (χ3v) is 3.22. The van der Waals surface area contributed by atoms with E-state index in [9.17, 15) is 0 Å². The predicted molar refractivity (Wildman–Crippen MR) is 72.5 cm³/mol. The molecule has 18 heavy (non-hydrogen) atoms. The van der Waals surface area contributed by atoms with Gasteiger partial charge in [-0.1, -0.05) is 13.0 Å². The molecule has 0 aliphatic rings. The van der Waals surface area contributed by atoms with Gasteiger partial charge in [-0.15, -0.1) is 0 Å². The van der Waals surface area contributed by atoms with Gasteiger partial charge in [-0.05, 0) is 24.1 Å². The van der Waals surface area contributed by atoms with E-state index in [1.165, 1.54) is 5.56 Å². The second kappa shape index (κ2) is 5.23. The van der Waals surface area contributed by atoms with Crippen LogP contribution < -0.4 is 10.5 Å². The summed E-state index contributed by atoms with van der Waals surface area (Å²) < 4.78 is 7.24. The summed E-state index contributed by atoms with van der Waals surface area (Å²) in [4.78, 5) is 0. The summed E-state index contributed by atoms with van der Waals surface area (Å²) in [6, 6.07) is 6.23. The van der Waals surface area contributed by atoms with Crippen molar-refractivity contribution < 1.29 is 4.74 Å². The van der Waals surface area contributed by atoms with Crippen LogP contribution in [0, 0.1) is 0 Å². The van der Waals surface area contributed by atoms with Gasteiger partial charge in [0.25, 0.3) is 0 Å². The van der Waals surface area contributed by atoms with E-state index >= 15 is 0 Å². The lowest BCUT2D eigenvalue weighted by atomic mass is 10.0. The fourth-order valence-corrected chi connectivity index (χ4v) is 2.12. The minimum absolute atomic E-state index is 0.464. The molecule has 96 valence electrons. The lowest BCUT2D eigenvalue weighted by Gasteiger charge is -2.10. The Morgan fingerprint density at radius 3 is 2.72 bits per heavy atom. The SMILES string of the molecule is CCc1ccc(OC)c(-c2cnn(C)c2CN)c1. The van der Waals surface area contributed by atoms with Crippen LogP contribution in [0.2, 0.25) is 0 Å². The largest absolute Gasteiger partial charge is 0.496 e. The van der Waals surface area contributed by atoms with E-state index in [1.807, 2.05) is 24.0 Å². The van der Waals surface area contributed by atoms with E-state index < -0.39 is 0 Å². The first-order chi connectivity index (χ1) is 8.71. The molecular formula is C14H19N3O. The smallest absolute Gasteiger partial charge is 0.126 e. The van der Waals surface area contributed by atoms with Crippen molar-refractivity contribution in [1.29, 1.82) is 0 Å². The van der Waals surface area contributed by atoms with E-state index in [-0.39, 0.29) is 0 Å². The van der Waals surface area contributed by atoms with Crippen molar-refractivity contribution in [2.45, 2.75) is 19.9 Å². The highest BCUT2D eigenvalue weighted by atomic mass is 16.5. The van der Waals surface area contributed by atoms with Crippen molar-refractivity contribution in [2.75, 3.05) is 7.11 Å². The molecule has 1 aromatic carbocycles. The van der Waals surface area contributed by atoms with Gasteiger partial charge in [0.05, 0.1) is 19.0 Å². The minimum atomic E-state index is 0.464. The summed E-state index contributed by atoms with van der Waals surface area (Å²) >= 11 is 0. The van der Waals surface area contributed by atoms with Crippen molar-refractivity contribution in [3.05, 3.63) is 35.7 Å². The summed E-state index contributed by atoms with van der Waals surface area (Å²) in [5.74, 6) is 0.856. The number of aromatic nitrogens is 2. The highest BCUT2D eigenvalue weighted by Crippen LogP contribution is 2.33. The second-order valence-corrected chi connectivity index (χ2v) is 4.22. The number of rotatable bonds is 4. The molecule has 0 aliphatic carbocycles. The summed E-state index contributed by atoms with van der Waals surface area (Å²) in [7, 11) is 3.59. The second-order valence-electron chi connectivity index (χ2n) is 4.22. The highest BCUT2D eigenvalue weighted by molar-refractivity contribution is 5.72. The summed E-state index contributed by atoms with van der Waals surface area (Å²) in [5.41, 5.74) is 10.2. The van der Waals surface area contributed by atoms with E-state index in [0.29, 0.717) is 6.54 Å². The quantitative estimate of drug-likeness (QED) is 0.897. The first kappa shape index (κ1) is 12.6. The molecule has 2 rings (SSSR count). The van der Waals surface area contributed by atoms with Gasteiger partial charge in [0.15, 0.2) is 0 Å². The molecular weight excluding hydrogens is 226 g/mol. The van der Waals surface area contributed by atoms with Gasteiger partial charge < -0.3 is 10.5 Å². The Hall–Kier alpha value is -1.81. The first-order valence-electron chi connectivity index (χ1n) is 6.09. The van der Waals surface area contributed by atoms with Crippen LogP contribution in [0.1, 0.15) is 18.2 Å². The molecule has 0 unspecified atom stereocenters. The first-order valence-corrected chi connectivity index (χ1v) is 6.09. The van der Waals surface area contributed by atoms with Crippen molar-refractivity contribution in [3.8, 4) is 16.9 Å². The molecule has 2 N–H and O–H groups in total. The Balaban J connectivity index is 2.60. The zero-order valence-corrected chi connectivity index (χ0v) is 11.1. The molecule has 0 spiro atoms. The van der Waals surface area contributed by atoms with Crippen LogP contribution in [-0.2, 0) is 20.0 Å². The standard InChI is InChI=1S/C14H19N3O/c1-4-10-5-6-14(18-3)11(7-10)12-9-16-17(2)13(12)8-15/h5-7,9H,4,8,15H2,1-3H3. The summed E-state index contributed by atoms with van der Waals surface area (Å²) in [5, 5.41) is 4.28. The van der Waals surface area contributed by atoms with Crippen LogP contribution in [-0.4, -0.2) is 16.9 Å². The Kier molecular flexibility index (Phi) is 3.67. The number of nitrogens with zero attached hydrogens (tertiary/aromatic N) is 2. The maximum absolute atomic E-state index is 5.79. The van der Waals surface area contributed by atoms with Gasteiger partial charge in [-0.2, -0.15) is 5.10 Å². The van der Waals surface area contributed by atoms with Crippen molar-refractivity contribution >= 4 is 0 Å². The molecule has 0 radical (unpaired) electrons. The highest BCUT2D eigenvalue weighted by Gasteiger charge is 2.13. The number of benzene rings is 1. The van der Waals surface area contributed by atoms with Gasteiger partial charge in [0, 0.05) is 24.7 Å². The minimum Gasteiger partial charge on any atom is -0.496 e. The number of ether oxygens (including phenoxy) is 1. The van der Waals surface area contributed by atoms with Crippen LogP contribution in [0.15, 0.2) is 24.4 Å². The van der Waals surface area contributed by atoms with Crippen molar-refractivity contribution in [1.82, 2.24) is 9.78 Å². The number of methoxy groups -OCH3 is 1. The van der Waals surface area contributed by atoms with Gasteiger partial charge in [0.2, 0.25) is 0 Å². The fraction of sp³-hybridized carbons (Fsp3) is 0.357. The lowest BCUT2D eigenvalue weighted by Crippen LogP contribution is -2.05. The number of nitrogens with two attached hydrogens (primary N) is 1. The Labute approximate surface area is 107 Å². The van der Waals surface area contributed by atoms with E-state index in [0.717, 1.165) is 29.0 Å². The average Bonchev–Trinajstić information content (AvgIpc) is 2.78. The molecule has 0 fully saturated rings. The lowest BCUT2D eigenvalue weighted by molar-refractivity contribution is 0.416. The molecule has 0 atom stereocenters. The van der Waals surface area contributed by atoms with Crippen LogP contribution in [0.25, 0.3) is 11.1 Å². The Morgan fingerprint density at radius 2 is 2.11 bits per heavy atom. The van der Waals surface area contributed by atoms with Crippen molar-refractivity contribution in [2.24, 2.45) is 12.8 Å². The Morgan fingerprint density at radius 1 is 1.33 bits per heavy atom. The van der Waals surface area contributed by atoms with Gasteiger partial charge in [0.1, 0.15) is 5.75 Å². The van der Waals surface area contributed by atoms with Crippen LogP contribution >= 0.6 is 0 Å². The molecule has 4 heteroatoms. The van der Waals surface area contributed by atoms with Crippen LogP contribution in [0.3, 0.4) is 0 Å². The monoisotopic (exact) mass is 245 g/mol. The predicted octanol–water partition coefficient (Wildman–Crippen LogP) is 2.12. The van der Waals surface area contributed by atoms with Gasteiger partial charge >= 0.3 is 0 Å². The Bertz CT molecular complexity index is 546. The third kappa shape index (κ3) is 2.11. The van der Waals surface area contributed by atoms with Gasteiger partial charge in [-0.3, -0.25) is 4.68 Å². The molecule has 0 bridgehead atoms. The topological polar surface area (TPSA) is 53.1 Å². The third-order valence-electron chi connectivity index (χ3n) is 3.22. The summed E-state index contributed by atoms with van der Waals surface area (Å²) in [6.45, 7) is 2.60. The van der Waals surface area contributed by atoms with E-state index in [1.54, 1.807) is 7.11 Å². The average molecular weight is 245 g/mol. The number of aryl methyl sites for hydroxylation is 2.